The quantitative estimate of drug-likeness (QED) is 0.583. The summed E-state index contributed by atoms with van der Waals surface area (Å²) in [5, 5.41) is 5.32. The predicted molar refractivity (Wildman–Crippen MR) is 87.2 cm³/mol. The molecule has 0 aromatic heterocycles. The number of fused-ring (bicyclic) bond motifs is 1. The molecule has 2 aliphatic heterocycles. The molecule has 2 N–H and O–H groups in total. The summed E-state index contributed by atoms with van der Waals surface area (Å²) in [6.07, 6.45) is -0.195. The van der Waals surface area contributed by atoms with Crippen molar-refractivity contribution in [1.82, 2.24) is 10.2 Å². The highest BCUT2D eigenvalue weighted by atomic mass is 16.5. The summed E-state index contributed by atoms with van der Waals surface area (Å²) in [7, 11) is 1.14. The van der Waals surface area contributed by atoms with Crippen molar-refractivity contribution in [3.8, 4) is 0 Å². The summed E-state index contributed by atoms with van der Waals surface area (Å²) in [5.74, 6) is -2.42. The smallest absolute Gasteiger partial charge is 0.343 e. The van der Waals surface area contributed by atoms with Gasteiger partial charge in [0, 0.05) is 25.2 Å². The Labute approximate surface area is 143 Å². The lowest BCUT2D eigenvalue weighted by molar-refractivity contribution is -0.141. The van der Waals surface area contributed by atoms with Crippen molar-refractivity contribution in [2.45, 2.75) is 12.5 Å². The number of rotatable bonds is 3. The van der Waals surface area contributed by atoms with Gasteiger partial charge in [-0.2, -0.15) is 0 Å². The standard InChI is InChI=1S/C17H17N3O5/c1-25-17(24)13-12(21)9-11(20-8-7-18-16(23)14(13)20)15(22)19-10-5-3-2-4-6-10/h2-6,11H,7-9H2,1H3,(H,18,23)(H,19,22)/t11-/m1/s1. The summed E-state index contributed by atoms with van der Waals surface area (Å²) in [6, 6.07) is 7.96. The van der Waals surface area contributed by atoms with Gasteiger partial charge in [-0.1, -0.05) is 18.2 Å². The van der Waals surface area contributed by atoms with Crippen LogP contribution in [0.25, 0.3) is 0 Å². The van der Waals surface area contributed by atoms with E-state index in [-0.39, 0.29) is 17.7 Å². The first kappa shape index (κ1) is 16.7. The number of ether oxygens (including phenoxy) is 1. The fourth-order valence-corrected chi connectivity index (χ4v) is 3.00. The number of esters is 1. The molecule has 0 spiro atoms. The molecule has 1 saturated heterocycles. The molecular weight excluding hydrogens is 326 g/mol. The van der Waals surface area contributed by atoms with E-state index in [2.05, 4.69) is 15.4 Å². The molecule has 2 amide bonds. The zero-order chi connectivity index (χ0) is 18.0. The van der Waals surface area contributed by atoms with E-state index < -0.39 is 29.6 Å². The number of hydrogen-bond acceptors (Lipinski definition) is 6. The zero-order valence-electron chi connectivity index (χ0n) is 13.6. The second-order valence-electron chi connectivity index (χ2n) is 5.66. The lowest BCUT2D eigenvalue weighted by atomic mass is 9.92. The van der Waals surface area contributed by atoms with E-state index in [4.69, 9.17) is 0 Å². The fourth-order valence-electron chi connectivity index (χ4n) is 3.00. The van der Waals surface area contributed by atoms with Crippen LogP contribution < -0.4 is 10.6 Å². The van der Waals surface area contributed by atoms with Crippen LogP contribution in [0.4, 0.5) is 5.69 Å². The molecule has 130 valence electrons. The molecular formula is C17H17N3O5. The minimum Gasteiger partial charge on any atom is -0.465 e. The minimum absolute atomic E-state index is 0.0949. The Morgan fingerprint density at radius 1 is 1.24 bits per heavy atom. The number of Topliss-reactive ketones (excluding diaryl/α,β-unsaturated/α-hetero) is 1. The first-order chi connectivity index (χ1) is 12.0. The van der Waals surface area contributed by atoms with Crippen LogP contribution in [-0.4, -0.2) is 54.7 Å². The van der Waals surface area contributed by atoms with Crippen LogP contribution >= 0.6 is 0 Å². The molecule has 3 rings (SSSR count). The predicted octanol–water partition coefficient (Wildman–Crippen LogP) is -0.175. The highest BCUT2D eigenvalue weighted by Gasteiger charge is 2.44. The largest absolute Gasteiger partial charge is 0.465 e. The molecule has 0 saturated carbocycles. The van der Waals surface area contributed by atoms with Crippen molar-refractivity contribution in [1.29, 1.82) is 0 Å². The molecule has 1 aromatic rings. The van der Waals surface area contributed by atoms with E-state index in [0.29, 0.717) is 18.8 Å². The van der Waals surface area contributed by atoms with Crippen molar-refractivity contribution in [3.63, 3.8) is 0 Å². The minimum atomic E-state index is -0.871. The first-order valence-electron chi connectivity index (χ1n) is 7.79. The van der Waals surface area contributed by atoms with Crippen LogP contribution in [0, 0.1) is 0 Å². The van der Waals surface area contributed by atoms with E-state index >= 15 is 0 Å². The Hall–Kier alpha value is -3.16. The average Bonchev–Trinajstić information content (AvgIpc) is 2.62. The molecule has 0 aliphatic carbocycles. The number of carbonyl (C=O) groups is 4. The number of anilines is 1. The van der Waals surface area contributed by atoms with Gasteiger partial charge in [0.1, 0.15) is 17.3 Å². The van der Waals surface area contributed by atoms with Crippen LogP contribution in [0.1, 0.15) is 6.42 Å². The first-order valence-corrected chi connectivity index (χ1v) is 7.79. The number of methoxy groups -OCH3 is 1. The van der Waals surface area contributed by atoms with Crippen LogP contribution in [-0.2, 0) is 23.9 Å². The van der Waals surface area contributed by atoms with E-state index in [9.17, 15) is 19.2 Å². The molecule has 1 aromatic carbocycles. The number of nitrogens with one attached hydrogen (secondary N) is 2. The Morgan fingerprint density at radius 2 is 1.96 bits per heavy atom. The monoisotopic (exact) mass is 343 g/mol. The van der Waals surface area contributed by atoms with Crippen LogP contribution in [0.15, 0.2) is 41.6 Å². The SMILES string of the molecule is COC(=O)C1=C2C(=O)NCCN2[C@@H](C(=O)Nc2ccccc2)CC1=O. The molecule has 2 heterocycles. The third-order valence-electron chi connectivity index (χ3n) is 4.14. The zero-order valence-corrected chi connectivity index (χ0v) is 13.6. The number of nitrogens with zero attached hydrogens (tertiary/aromatic N) is 1. The molecule has 0 unspecified atom stereocenters. The lowest BCUT2D eigenvalue weighted by Gasteiger charge is -2.40. The number of para-hydroxylation sites is 1. The van der Waals surface area contributed by atoms with Crippen molar-refractivity contribution >= 4 is 29.3 Å². The topological polar surface area (TPSA) is 105 Å². The normalized spacial score (nSPS) is 19.9. The molecule has 2 aliphatic rings. The maximum absolute atomic E-state index is 12.6. The summed E-state index contributed by atoms with van der Waals surface area (Å²) in [5.41, 5.74) is 0.191. The molecule has 0 bridgehead atoms. The Morgan fingerprint density at radius 3 is 2.64 bits per heavy atom. The van der Waals surface area contributed by atoms with Crippen LogP contribution in [0.3, 0.4) is 0 Å². The van der Waals surface area contributed by atoms with Gasteiger partial charge in [-0.25, -0.2) is 4.79 Å². The molecule has 8 heteroatoms. The summed E-state index contributed by atoms with van der Waals surface area (Å²) >= 11 is 0. The third kappa shape index (κ3) is 3.10. The molecule has 1 atom stereocenters. The second kappa shape index (κ2) is 6.76. The van der Waals surface area contributed by atoms with Gasteiger partial charge >= 0.3 is 5.97 Å². The number of benzene rings is 1. The molecule has 0 radical (unpaired) electrons. The van der Waals surface area contributed by atoms with Gasteiger partial charge in [-0.3, -0.25) is 14.4 Å². The summed E-state index contributed by atoms with van der Waals surface area (Å²) in [6.45, 7) is 0.641. The number of hydrogen-bond donors (Lipinski definition) is 2. The molecule has 25 heavy (non-hydrogen) atoms. The summed E-state index contributed by atoms with van der Waals surface area (Å²) < 4.78 is 4.62. The Kier molecular flexibility index (Phi) is 4.51. The number of ketones is 1. The van der Waals surface area contributed by atoms with Crippen molar-refractivity contribution in [2.75, 3.05) is 25.5 Å². The van der Waals surface area contributed by atoms with Gasteiger partial charge in [0.2, 0.25) is 5.91 Å². The Bertz CT molecular complexity index is 772. The lowest BCUT2D eigenvalue weighted by Crippen LogP contribution is -2.57. The average molecular weight is 343 g/mol. The fraction of sp³-hybridized carbons (Fsp3) is 0.294. The van der Waals surface area contributed by atoms with E-state index in [1.807, 2.05) is 6.07 Å². The third-order valence-corrected chi connectivity index (χ3v) is 4.14. The number of piperazine rings is 1. The summed E-state index contributed by atoms with van der Waals surface area (Å²) in [4.78, 5) is 50.7. The van der Waals surface area contributed by atoms with E-state index in [1.54, 1.807) is 24.3 Å². The van der Waals surface area contributed by atoms with E-state index in [1.165, 1.54) is 4.90 Å². The van der Waals surface area contributed by atoms with Crippen molar-refractivity contribution in [3.05, 3.63) is 41.6 Å². The Balaban J connectivity index is 1.94. The van der Waals surface area contributed by atoms with Gasteiger partial charge in [0.05, 0.1) is 7.11 Å². The van der Waals surface area contributed by atoms with Gasteiger partial charge in [-0.15, -0.1) is 0 Å². The van der Waals surface area contributed by atoms with Gasteiger partial charge in [-0.05, 0) is 12.1 Å². The maximum atomic E-state index is 12.6. The van der Waals surface area contributed by atoms with Crippen molar-refractivity contribution in [2.24, 2.45) is 0 Å². The number of carbonyl (C=O) groups excluding carboxylic acids is 4. The second-order valence-corrected chi connectivity index (χ2v) is 5.66. The molecule has 8 nitrogen and oxygen atoms in total. The van der Waals surface area contributed by atoms with Crippen molar-refractivity contribution < 1.29 is 23.9 Å². The highest BCUT2D eigenvalue weighted by Crippen LogP contribution is 2.28. The van der Waals surface area contributed by atoms with E-state index in [0.717, 1.165) is 7.11 Å². The van der Waals surface area contributed by atoms with Gasteiger partial charge < -0.3 is 20.3 Å². The van der Waals surface area contributed by atoms with Gasteiger partial charge in [0.15, 0.2) is 5.78 Å². The highest BCUT2D eigenvalue weighted by molar-refractivity contribution is 6.24. The van der Waals surface area contributed by atoms with Gasteiger partial charge in [0.25, 0.3) is 5.91 Å². The van der Waals surface area contributed by atoms with Crippen LogP contribution in [0.2, 0.25) is 0 Å². The number of amides is 2. The molecule has 1 fully saturated rings. The van der Waals surface area contributed by atoms with Crippen LogP contribution in [0.5, 0.6) is 0 Å². The maximum Gasteiger partial charge on any atom is 0.343 e.